The lowest BCUT2D eigenvalue weighted by molar-refractivity contribution is 0.102. The van der Waals surface area contributed by atoms with E-state index in [-0.39, 0.29) is 5.91 Å². The quantitative estimate of drug-likeness (QED) is 0.831. The summed E-state index contributed by atoms with van der Waals surface area (Å²) in [5, 5.41) is 2.75. The summed E-state index contributed by atoms with van der Waals surface area (Å²) in [6.07, 6.45) is 1.68. The number of carbonyl (C=O) groups is 1. The first kappa shape index (κ1) is 10.4. The number of anilines is 1. The van der Waals surface area contributed by atoms with Gasteiger partial charge in [0.1, 0.15) is 5.82 Å². The molecule has 0 atom stereocenters. The molecule has 0 spiro atoms. The van der Waals surface area contributed by atoms with Crippen molar-refractivity contribution in [1.82, 2.24) is 4.98 Å². The molecule has 1 aromatic carbocycles. The summed E-state index contributed by atoms with van der Waals surface area (Å²) in [5.74, 6) is 0.438. The molecule has 16 heavy (non-hydrogen) atoms. The predicted octanol–water partition coefficient (Wildman–Crippen LogP) is 2.64. The Morgan fingerprint density at radius 3 is 2.62 bits per heavy atom. The number of amides is 1. The second-order valence-electron chi connectivity index (χ2n) is 3.54. The van der Waals surface area contributed by atoms with Crippen LogP contribution < -0.4 is 5.32 Å². The number of nitrogens with one attached hydrogen (secondary N) is 1. The lowest BCUT2D eigenvalue weighted by atomic mass is 10.2. The van der Waals surface area contributed by atoms with Gasteiger partial charge in [0.15, 0.2) is 0 Å². The molecule has 1 heterocycles. The Bertz CT molecular complexity index is 494. The maximum absolute atomic E-state index is 11.8. The average molecular weight is 212 g/mol. The molecule has 0 aliphatic heterocycles. The monoisotopic (exact) mass is 212 g/mol. The summed E-state index contributed by atoms with van der Waals surface area (Å²) in [5.41, 5.74) is 1.70. The Morgan fingerprint density at radius 1 is 1.19 bits per heavy atom. The van der Waals surface area contributed by atoms with Crippen LogP contribution in [0.2, 0.25) is 0 Å². The molecule has 0 bridgehead atoms. The third-order valence-electron chi connectivity index (χ3n) is 2.19. The van der Waals surface area contributed by atoms with Crippen LogP contribution in [0.1, 0.15) is 15.9 Å². The van der Waals surface area contributed by atoms with Gasteiger partial charge in [-0.05, 0) is 36.8 Å². The molecule has 1 amide bonds. The SMILES string of the molecule is Cc1ccnc(NC(=O)c2ccccc2)c1. The van der Waals surface area contributed by atoms with Gasteiger partial charge in [0.2, 0.25) is 0 Å². The molecule has 1 N–H and O–H groups in total. The highest BCUT2D eigenvalue weighted by Gasteiger charge is 2.05. The number of pyridine rings is 1. The molecule has 80 valence electrons. The van der Waals surface area contributed by atoms with Gasteiger partial charge in [0.25, 0.3) is 5.91 Å². The maximum atomic E-state index is 11.8. The predicted molar refractivity (Wildman–Crippen MR) is 63.4 cm³/mol. The van der Waals surface area contributed by atoms with Crippen LogP contribution in [0.4, 0.5) is 5.82 Å². The lowest BCUT2D eigenvalue weighted by Gasteiger charge is -2.04. The van der Waals surface area contributed by atoms with Crippen LogP contribution in [0.15, 0.2) is 48.7 Å². The standard InChI is InChI=1S/C13H12N2O/c1-10-7-8-14-12(9-10)15-13(16)11-5-3-2-4-6-11/h2-9H,1H3,(H,14,15,16). The van der Waals surface area contributed by atoms with E-state index in [0.717, 1.165) is 5.56 Å². The number of rotatable bonds is 2. The van der Waals surface area contributed by atoms with E-state index in [9.17, 15) is 4.79 Å². The van der Waals surface area contributed by atoms with Gasteiger partial charge in [-0.1, -0.05) is 18.2 Å². The van der Waals surface area contributed by atoms with Gasteiger partial charge in [0, 0.05) is 11.8 Å². The highest BCUT2D eigenvalue weighted by atomic mass is 16.1. The van der Waals surface area contributed by atoms with E-state index in [2.05, 4.69) is 10.3 Å². The molecule has 3 nitrogen and oxygen atoms in total. The van der Waals surface area contributed by atoms with Crippen molar-refractivity contribution in [3.63, 3.8) is 0 Å². The number of hydrogen-bond donors (Lipinski definition) is 1. The van der Waals surface area contributed by atoms with Crippen molar-refractivity contribution in [2.75, 3.05) is 5.32 Å². The minimum Gasteiger partial charge on any atom is -0.307 e. The number of hydrogen-bond acceptors (Lipinski definition) is 2. The highest BCUT2D eigenvalue weighted by Crippen LogP contribution is 2.07. The summed E-state index contributed by atoms with van der Waals surface area (Å²) in [7, 11) is 0. The van der Waals surface area contributed by atoms with Crippen LogP contribution in [0, 0.1) is 6.92 Å². The first-order valence-corrected chi connectivity index (χ1v) is 5.05. The van der Waals surface area contributed by atoms with Gasteiger partial charge in [0.05, 0.1) is 0 Å². The highest BCUT2D eigenvalue weighted by molar-refractivity contribution is 6.03. The number of nitrogens with zero attached hydrogens (tertiary/aromatic N) is 1. The Morgan fingerprint density at radius 2 is 1.94 bits per heavy atom. The largest absolute Gasteiger partial charge is 0.307 e. The van der Waals surface area contributed by atoms with Gasteiger partial charge in [-0.3, -0.25) is 4.79 Å². The first-order valence-electron chi connectivity index (χ1n) is 5.05. The fourth-order valence-electron chi connectivity index (χ4n) is 1.38. The molecule has 0 unspecified atom stereocenters. The lowest BCUT2D eigenvalue weighted by Crippen LogP contribution is -2.12. The topological polar surface area (TPSA) is 42.0 Å². The fraction of sp³-hybridized carbons (Fsp3) is 0.0769. The fourth-order valence-corrected chi connectivity index (χ4v) is 1.38. The van der Waals surface area contributed by atoms with Crippen LogP contribution in [0.5, 0.6) is 0 Å². The molecule has 0 radical (unpaired) electrons. The van der Waals surface area contributed by atoms with Crippen molar-refractivity contribution >= 4 is 11.7 Å². The molecule has 0 aliphatic carbocycles. The molecule has 1 aromatic heterocycles. The van der Waals surface area contributed by atoms with Crippen molar-refractivity contribution < 1.29 is 4.79 Å². The zero-order valence-corrected chi connectivity index (χ0v) is 8.97. The van der Waals surface area contributed by atoms with Crippen molar-refractivity contribution in [1.29, 1.82) is 0 Å². The number of aromatic nitrogens is 1. The maximum Gasteiger partial charge on any atom is 0.256 e. The Hall–Kier alpha value is -2.16. The number of aryl methyl sites for hydroxylation is 1. The molecular weight excluding hydrogens is 200 g/mol. The van der Waals surface area contributed by atoms with Crippen LogP contribution in [-0.4, -0.2) is 10.9 Å². The second-order valence-corrected chi connectivity index (χ2v) is 3.54. The van der Waals surface area contributed by atoms with Gasteiger partial charge in [-0.25, -0.2) is 4.98 Å². The normalized spacial score (nSPS) is 9.81. The summed E-state index contributed by atoms with van der Waals surface area (Å²) in [6, 6.07) is 12.8. The zero-order valence-electron chi connectivity index (χ0n) is 8.97. The van der Waals surface area contributed by atoms with Crippen molar-refractivity contribution in [3.8, 4) is 0 Å². The van der Waals surface area contributed by atoms with E-state index in [4.69, 9.17) is 0 Å². The van der Waals surface area contributed by atoms with E-state index < -0.39 is 0 Å². The van der Waals surface area contributed by atoms with E-state index in [1.54, 1.807) is 18.3 Å². The molecule has 0 aliphatic rings. The van der Waals surface area contributed by atoms with Gasteiger partial charge in [-0.2, -0.15) is 0 Å². The number of benzene rings is 1. The van der Waals surface area contributed by atoms with Crippen LogP contribution in [0.25, 0.3) is 0 Å². The molecular formula is C13H12N2O. The average Bonchev–Trinajstić information content (AvgIpc) is 2.30. The molecule has 0 fully saturated rings. The molecule has 2 rings (SSSR count). The Kier molecular flexibility index (Phi) is 2.96. The Labute approximate surface area is 94.1 Å². The van der Waals surface area contributed by atoms with E-state index in [0.29, 0.717) is 11.4 Å². The van der Waals surface area contributed by atoms with E-state index >= 15 is 0 Å². The molecule has 0 saturated carbocycles. The first-order chi connectivity index (χ1) is 7.75. The number of carbonyl (C=O) groups excluding carboxylic acids is 1. The second kappa shape index (κ2) is 4.57. The van der Waals surface area contributed by atoms with Crippen LogP contribution >= 0.6 is 0 Å². The minimum absolute atomic E-state index is 0.140. The smallest absolute Gasteiger partial charge is 0.256 e. The molecule has 0 saturated heterocycles. The van der Waals surface area contributed by atoms with Gasteiger partial charge < -0.3 is 5.32 Å². The zero-order chi connectivity index (χ0) is 11.4. The minimum atomic E-state index is -0.140. The van der Waals surface area contributed by atoms with E-state index in [1.165, 1.54) is 0 Å². The molecule has 3 heteroatoms. The molecule has 2 aromatic rings. The van der Waals surface area contributed by atoms with Crippen molar-refractivity contribution in [3.05, 3.63) is 59.8 Å². The van der Waals surface area contributed by atoms with Crippen LogP contribution in [-0.2, 0) is 0 Å². The Balaban J connectivity index is 2.14. The summed E-state index contributed by atoms with van der Waals surface area (Å²) >= 11 is 0. The summed E-state index contributed by atoms with van der Waals surface area (Å²) < 4.78 is 0. The summed E-state index contributed by atoms with van der Waals surface area (Å²) in [4.78, 5) is 15.8. The van der Waals surface area contributed by atoms with Crippen molar-refractivity contribution in [2.45, 2.75) is 6.92 Å². The van der Waals surface area contributed by atoms with Gasteiger partial charge >= 0.3 is 0 Å². The summed E-state index contributed by atoms with van der Waals surface area (Å²) in [6.45, 7) is 1.96. The third-order valence-corrected chi connectivity index (χ3v) is 2.19. The van der Waals surface area contributed by atoms with Gasteiger partial charge in [-0.15, -0.1) is 0 Å². The van der Waals surface area contributed by atoms with E-state index in [1.807, 2.05) is 37.3 Å². The third kappa shape index (κ3) is 2.45. The van der Waals surface area contributed by atoms with Crippen molar-refractivity contribution in [2.24, 2.45) is 0 Å². The van der Waals surface area contributed by atoms with Crippen LogP contribution in [0.3, 0.4) is 0 Å².